The standard InChI is InChI=1S/C12H11ClN2O/c1-2-11(16)15-10-6-5-9(13)8-4-3-7-14-12(8)10/h3-7H,2H2,1H3,(H,15,16). The van der Waals surface area contributed by atoms with E-state index in [1.54, 1.807) is 25.3 Å². The normalized spacial score (nSPS) is 10.4. The van der Waals surface area contributed by atoms with Crippen LogP contribution in [0.1, 0.15) is 13.3 Å². The van der Waals surface area contributed by atoms with Crippen LogP contribution in [0.2, 0.25) is 5.02 Å². The minimum atomic E-state index is -0.0331. The molecule has 1 aromatic carbocycles. The minimum Gasteiger partial charge on any atom is -0.324 e. The summed E-state index contributed by atoms with van der Waals surface area (Å²) >= 11 is 6.05. The Balaban J connectivity index is 2.54. The summed E-state index contributed by atoms with van der Waals surface area (Å²) in [6.07, 6.45) is 2.12. The molecule has 16 heavy (non-hydrogen) atoms. The van der Waals surface area contributed by atoms with E-state index in [-0.39, 0.29) is 5.91 Å². The molecular formula is C12H11ClN2O. The Morgan fingerprint density at radius 1 is 1.44 bits per heavy atom. The van der Waals surface area contributed by atoms with E-state index in [4.69, 9.17) is 11.6 Å². The number of carbonyl (C=O) groups is 1. The van der Waals surface area contributed by atoms with Crippen LogP contribution in [0.3, 0.4) is 0 Å². The smallest absolute Gasteiger partial charge is 0.224 e. The first-order valence-electron chi connectivity index (χ1n) is 5.05. The Kier molecular flexibility index (Phi) is 3.06. The van der Waals surface area contributed by atoms with E-state index < -0.39 is 0 Å². The average molecular weight is 235 g/mol. The SMILES string of the molecule is CCC(=O)Nc1ccc(Cl)c2cccnc12. The summed E-state index contributed by atoms with van der Waals surface area (Å²) in [5.74, 6) is -0.0331. The third kappa shape index (κ3) is 1.99. The second-order valence-electron chi connectivity index (χ2n) is 3.40. The number of carbonyl (C=O) groups excluding carboxylic acids is 1. The second-order valence-corrected chi connectivity index (χ2v) is 3.80. The van der Waals surface area contributed by atoms with E-state index in [9.17, 15) is 4.79 Å². The molecule has 1 amide bonds. The molecule has 0 aliphatic rings. The molecule has 0 fully saturated rings. The maximum atomic E-state index is 11.3. The van der Waals surface area contributed by atoms with Crippen LogP contribution in [0.15, 0.2) is 30.5 Å². The summed E-state index contributed by atoms with van der Waals surface area (Å²) in [7, 11) is 0. The molecule has 82 valence electrons. The van der Waals surface area contributed by atoms with Crippen LogP contribution in [0.5, 0.6) is 0 Å². The Morgan fingerprint density at radius 3 is 3.00 bits per heavy atom. The lowest BCUT2D eigenvalue weighted by atomic mass is 10.2. The van der Waals surface area contributed by atoms with Gasteiger partial charge in [0.25, 0.3) is 0 Å². The average Bonchev–Trinajstić information content (AvgIpc) is 2.33. The molecule has 1 N–H and O–H groups in total. The van der Waals surface area contributed by atoms with Crippen molar-refractivity contribution in [1.29, 1.82) is 0 Å². The number of nitrogens with one attached hydrogen (secondary N) is 1. The molecule has 0 aliphatic carbocycles. The van der Waals surface area contributed by atoms with Gasteiger partial charge in [-0.2, -0.15) is 0 Å². The molecule has 0 saturated heterocycles. The number of halogens is 1. The molecule has 0 radical (unpaired) electrons. The number of amides is 1. The molecule has 0 unspecified atom stereocenters. The van der Waals surface area contributed by atoms with Gasteiger partial charge >= 0.3 is 0 Å². The second kappa shape index (κ2) is 4.49. The monoisotopic (exact) mass is 234 g/mol. The summed E-state index contributed by atoms with van der Waals surface area (Å²) < 4.78 is 0. The highest BCUT2D eigenvalue weighted by Crippen LogP contribution is 2.27. The zero-order valence-electron chi connectivity index (χ0n) is 8.83. The molecule has 0 spiro atoms. The molecule has 0 bridgehead atoms. The molecule has 4 heteroatoms. The van der Waals surface area contributed by atoms with E-state index in [0.29, 0.717) is 17.1 Å². The molecule has 1 aromatic heterocycles. The number of pyridine rings is 1. The fourth-order valence-electron chi connectivity index (χ4n) is 1.48. The Hall–Kier alpha value is -1.61. The van der Waals surface area contributed by atoms with Crippen molar-refractivity contribution in [1.82, 2.24) is 4.98 Å². The summed E-state index contributed by atoms with van der Waals surface area (Å²) in [6.45, 7) is 1.81. The predicted molar refractivity (Wildman–Crippen MR) is 65.7 cm³/mol. The minimum absolute atomic E-state index is 0.0331. The van der Waals surface area contributed by atoms with Crippen molar-refractivity contribution in [2.24, 2.45) is 0 Å². The van der Waals surface area contributed by atoms with Crippen LogP contribution in [0.4, 0.5) is 5.69 Å². The largest absolute Gasteiger partial charge is 0.324 e. The van der Waals surface area contributed by atoms with Crippen molar-refractivity contribution in [3.05, 3.63) is 35.5 Å². The summed E-state index contributed by atoms with van der Waals surface area (Å²) in [5.41, 5.74) is 1.42. The maximum absolute atomic E-state index is 11.3. The number of rotatable bonds is 2. The van der Waals surface area contributed by atoms with Crippen LogP contribution >= 0.6 is 11.6 Å². The lowest BCUT2D eigenvalue weighted by Crippen LogP contribution is -2.10. The fourth-order valence-corrected chi connectivity index (χ4v) is 1.69. The first kappa shape index (κ1) is 10.9. The maximum Gasteiger partial charge on any atom is 0.224 e. The van der Waals surface area contributed by atoms with Crippen LogP contribution < -0.4 is 5.32 Å². The van der Waals surface area contributed by atoms with Crippen molar-refractivity contribution < 1.29 is 4.79 Å². The zero-order valence-corrected chi connectivity index (χ0v) is 9.58. The third-order valence-electron chi connectivity index (χ3n) is 2.31. The predicted octanol–water partition coefficient (Wildman–Crippen LogP) is 3.24. The molecule has 1 heterocycles. The van der Waals surface area contributed by atoms with Gasteiger partial charge in [0.2, 0.25) is 5.91 Å². The van der Waals surface area contributed by atoms with Crippen LogP contribution in [0.25, 0.3) is 10.9 Å². The van der Waals surface area contributed by atoms with Gasteiger partial charge in [0, 0.05) is 18.0 Å². The van der Waals surface area contributed by atoms with Crippen LogP contribution in [0, 0.1) is 0 Å². The Bertz CT molecular complexity index is 540. The fraction of sp³-hybridized carbons (Fsp3) is 0.167. The van der Waals surface area contributed by atoms with Crippen LogP contribution in [-0.2, 0) is 4.79 Å². The lowest BCUT2D eigenvalue weighted by molar-refractivity contribution is -0.115. The number of hydrogen-bond donors (Lipinski definition) is 1. The van der Waals surface area contributed by atoms with Crippen molar-refractivity contribution in [2.75, 3.05) is 5.32 Å². The zero-order chi connectivity index (χ0) is 11.5. The molecule has 3 nitrogen and oxygen atoms in total. The number of fused-ring (bicyclic) bond motifs is 1. The van der Waals surface area contributed by atoms with Gasteiger partial charge in [-0.3, -0.25) is 9.78 Å². The highest BCUT2D eigenvalue weighted by Gasteiger charge is 2.07. The summed E-state index contributed by atoms with van der Waals surface area (Å²) in [5, 5.41) is 4.28. The molecule has 0 atom stereocenters. The van der Waals surface area contributed by atoms with E-state index in [0.717, 1.165) is 10.9 Å². The van der Waals surface area contributed by atoms with Gasteiger partial charge in [-0.15, -0.1) is 0 Å². The van der Waals surface area contributed by atoms with Crippen molar-refractivity contribution >= 4 is 34.1 Å². The van der Waals surface area contributed by atoms with E-state index in [1.807, 2.05) is 12.1 Å². The highest BCUT2D eigenvalue weighted by atomic mass is 35.5. The number of anilines is 1. The van der Waals surface area contributed by atoms with E-state index in [2.05, 4.69) is 10.3 Å². The number of aromatic nitrogens is 1. The lowest BCUT2D eigenvalue weighted by Gasteiger charge is -2.07. The van der Waals surface area contributed by atoms with Gasteiger partial charge in [0.1, 0.15) is 0 Å². The summed E-state index contributed by atoms with van der Waals surface area (Å²) in [6, 6.07) is 7.23. The van der Waals surface area contributed by atoms with E-state index in [1.165, 1.54) is 0 Å². The molecule has 2 aromatic rings. The van der Waals surface area contributed by atoms with Gasteiger partial charge in [-0.25, -0.2) is 0 Å². The van der Waals surface area contributed by atoms with E-state index >= 15 is 0 Å². The highest BCUT2D eigenvalue weighted by molar-refractivity contribution is 6.35. The molecule has 2 rings (SSSR count). The topological polar surface area (TPSA) is 42.0 Å². The quantitative estimate of drug-likeness (QED) is 0.867. The van der Waals surface area contributed by atoms with Crippen LogP contribution in [-0.4, -0.2) is 10.9 Å². The third-order valence-corrected chi connectivity index (χ3v) is 2.64. The van der Waals surface area contributed by atoms with Gasteiger partial charge in [0.15, 0.2) is 0 Å². The van der Waals surface area contributed by atoms with Gasteiger partial charge in [0.05, 0.1) is 16.2 Å². The van der Waals surface area contributed by atoms with Gasteiger partial charge in [-0.1, -0.05) is 18.5 Å². The first-order chi connectivity index (χ1) is 7.72. The Labute approximate surface area is 98.4 Å². The van der Waals surface area contributed by atoms with Gasteiger partial charge in [-0.05, 0) is 24.3 Å². The number of hydrogen-bond acceptors (Lipinski definition) is 2. The molecule has 0 saturated carbocycles. The molecule has 0 aliphatic heterocycles. The molecular weight excluding hydrogens is 224 g/mol. The van der Waals surface area contributed by atoms with Crippen molar-refractivity contribution in [3.63, 3.8) is 0 Å². The number of benzene rings is 1. The Morgan fingerprint density at radius 2 is 2.25 bits per heavy atom. The van der Waals surface area contributed by atoms with Crippen molar-refractivity contribution in [2.45, 2.75) is 13.3 Å². The number of nitrogens with zero attached hydrogens (tertiary/aromatic N) is 1. The summed E-state index contributed by atoms with van der Waals surface area (Å²) in [4.78, 5) is 15.6. The first-order valence-corrected chi connectivity index (χ1v) is 5.43. The van der Waals surface area contributed by atoms with Gasteiger partial charge < -0.3 is 5.32 Å². The van der Waals surface area contributed by atoms with Crippen molar-refractivity contribution in [3.8, 4) is 0 Å².